The fourth-order valence-corrected chi connectivity index (χ4v) is 2.20. The summed E-state index contributed by atoms with van der Waals surface area (Å²) in [6.07, 6.45) is 0. The van der Waals surface area contributed by atoms with Crippen molar-refractivity contribution in [2.24, 2.45) is 0 Å². The number of ether oxygens (including phenoxy) is 2. The van der Waals surface area contributed by atoms with Crippen LogP contribution in [0.15, 0.2) is 42.5 Å². The molecule has 0 fully saturated rings. The third-order valence-corrected chi connectivity index (χ3v) is 3.43. The van der Waals surface area contributed by atoms with Gasteiger partial charge in [0.2, 0.25) is 0 Å². The average molecular weight is 289 g/mol. The van der Waals surface area contributed by atoms with Crippen molar-refractivity contribution in [3.8, 4) is 11.5 Å². The molecular weight excluding hydrogens is 269 g/mol. The molecule has 0 aromatic heterocycles. The van der Waals surface area contributed by atoms with Crippen LogP contribution in [0.4, 0.5) is 4.39 Å². The van der Waals surface area contributed by atoms with Gasteiger partial charge in [-0.25, -0.2) is 4.39 Å². The second-order valence-corrected chi connectivity index (χ2v) is 4.81. The quantitative estimate of drug-likeness (QED) is 0.879. The first-order valence-corrected chi connectivity index (χ1v) is 6.84. The number of rotatable bonds is 6. The van der Waals surface area contributed by atoms with Gasteiger partial charge in [-0.3, -0.25) is 0 Å². The van der Waals surface area contributed by atoms with Crippen molar-refractivity contribution >= 4 is 0 Å². The van der Waals surface area contributed by atoms with E-state index in [1.54, 1.807) is 26.4 Å². The van der Waals surface area contributed by atoms with Crippen molar-refractivity contribution in [2.75, 3.05) is 14.2 Å². The molecule has 0 heterocycles. The molecule has 0 saturated heterocycles. The van der Waals surface area contributed by atoms with Crippen molar-refractivity contribution in [2.45, 2.75) is 19.5 Å². The minimum atomic E-state index is -0.190. The van der Waals surface area contributed by atoms with E-state index in [9.17, 15) is 4.39 Å². The summed E-state index contributed by atoms with van der Waals surface area (Å²) in [5, 5.41) is 3.31. The lowest BCUT2D eigenvalue weighted by Crippen LogP contribution is -2.19. The van der Waals surface area contributed by atoms with E-state index in [0.717, 1.165) is 5.56 Å². The van der Waals surface area contributed by atoms with Gasteiger partial charge in [-0.1, -0.05) is 24.3 Å². The number of hydrogen-bond donors (Lipinski definition) is 1. The van der Waals surface area contributed by atoms with Crippen LogP contribution in [0.5, 0.6) is 11.5 Å². The topological polar surface area (TPSA) is 30.5 Å². The number of halogens is 1. The summed E-state index contributed by atoms with van der Waals surface area (Å²) in [4.78, 5) is 0. The second kappa shape index (κ2) is 7.09. The lowest BCUT2D eigenvalue weighted by Gasteiger charge is -2.16. The number of benzene rings is 2. The minimum absolute atomic E-state index is 0.0701. The van der Waals surface area contributed by atoms with Gasteiger partial charge in [0.25, 0.3) is 0 Å². The maximum absolute atomic E-state index is 13.7. The van der Waals surface area contributed by atoms with E-state index in [0.29, 0.717) is 23.6 Å². The zero-order chi connectivity index (χ0) is 15.2. The first-order chi connectivity index (χ1) is 10.2. The highest BCUT2D eigenvalue weighted by Crippen LogP contribution is 2.27. The van der Waals surface area contributed by atoms with E-state index >= 15 is 0 Å². The lowest BCUT2D eigenvalue weighted by atomic mass is 10.1. The highest BCUT2D eigenvalue weighted by molar-refractivity contribution is 5.42. The molecule has 0 spiro atoms. The van der Waals surface area contributed by atoms with Gasteiger partial charge < -0.3 is 14.8 Å². The van der Waals surface area contributed by atoms with Gasteiger partial charge in [0.05, 0.1) is 14.2 Å². The van der Waals surface area contributed by atoms with Crippen molar-refractivity contribution < 1.29 is 13.9 Å². The molecule has 1 atom stereocenters. The van der Waals surface area contributed by atoms with Crippen LogP contribution in [0.25, 0.3) is 0 Å². The Kier molecular flexibility index (Phi) is 5.17. The Labute approximate surface area is 124 Å². The summed E-state index contributed by atoms with van der Waals surface area (Å²) < 4.78 is 24.2. The summed E-state index contributed by atoms with van der Waals surface area (Å²) in [5.74, 6) is 1.20. The van der Waals surface area contributed by atoms with Gasteiger partial charge in [-0.15, -0.1) is 0 Å². The molecule has 0 amide bonds. The molecule has 0 saturated carbocycles. The molecule has 0 aliphatic carbocycles. The molecule has 3 nitrogen and oxygen atoms in total. The Morgan fingerprint density at radius 2 is 1.76 bits per heavy atom. The van der Waals surface area contributed by atoms with Gasteiger partial charge in [0.15, 0.2) is 11.5 Å². The van der Waals surface area contributed by atoms with E-state index in [1.165, 1.54) is 6.07 Å². The van der Waals surface area contributed by atoms with Gasteiger partial charge in [-0.2, -0.15) is 0 Å². The zero-order valence-electron chi connectivity index (χ0n) is 12.5. The molecule has 112 valence electrons. The molecule has 2 aromatic carbocycles. The summed E-state index contributed by atoms with van der Waals surface area (Å²) in [6.45, 7) is 2.56. The molecule has 0 aliphatic heterocycles. The number of hydrogen-bond acceptors (Lipinski definition) is 3. The van der Waals surface area contributed by atoms with E-state index in [4.69, 9.17) is 9.47 Å². The standard InChI is InChI=1S/C17H20FNO2/c1-12(14-6-4-5-7-15(14)18)19-11-13-8-9-16(20-2)17(10-13)21-3/h4-10,12,19H,11H2,1-3H3/t12-/m1/s1. The fourth-order valence-electron chi connectivity index (χ4n) is 2.20. The Balaban J connectivity index is 2.04. The second-order valence-electron chi connectivity index (χ2n) is 4.81. The Hall–Kier alpha value is -2.07. The molecule has 21 heavy (non-hydrogen) atoms. The first-order valence-electron chi connectivity index (χ1n) is 6.84. The SMILES string of the molecule is COc1ccc(CN[C@H](C)c2ccccc2F)cc1OC. The Bertz CT molecular complexity index is 601. The van der Waals surface area contributed by atoms with Crippen LogP contribution in [0.2, 0.25) is 0 Å². The normalized spacial score (nSPS) is 12.0. The molecule has 0 aliphatic rings. The van der Waals surface area contributed by atoms with Crippen molar-refractivity contribution in [1.82, 2.24) is 5.32 Å². The molecular formula is C17H20FNO2. The smallest absolute Gasteiger partial charge is 0.161 e. The molecule has 2 rings (SSSR count). The predicted octanol–water partition coefficient (Wildman–Crippen LogP) is 3.69. The molecule has 2 aromatic rings. The largest absolute Gasteiger partial charge is 0.493 e. The summed E-state index contributed by atoms with van der Waals surface area (Å²) >= 11 is 0. The fraction of sp³-hybridized carbons (Fsp3) is 0.294. The molecule has 1 N–H and O–H groups in total. The maximum atomic E-state index is 13.7. The molecule has 4 heteroatoms. The van der Waals surface area contributed by atoms with Gasteiger partial charge in [0, 0.05) is 18.2 Å². The van der Waals surface area contributed by atoms with E-state index in [1.807, 2.05) is 31.2 Å². The van der Waals surface area contributed by atoms with Crippen LogP contribution in [-0.4, -0.2) is 14.2 Å². The van der Waals surface area contributed by atoms with Gasteiger partial charge in [-0.05, 0) is 30.7 Å². The van der Waals surface area contributed by atoms with Crippen LogP contribution in [0.3, 0.4) is 0 Å². The highest BCUT2D eigenvalue weighted by Gasteiger charge is 2.10. The van der Waals surface area contributed by atoms with E-state index in [-0.39, 0.29) is 11.9 Å². The lowest BCUT2D eigenvalue weighted by molar-refractivity contribution is 0.354. The summed E-state index contributed by atoms with van der Waals surface area (Å²) in [6, 6.07) is 12.5. The van der Waals surface area contributed by atoms with Gasteiger partial charge >= 0.3 is 0 Å². The first kappa shape index (κ1) is 15.3. The maximum Gasteiger partial charge on any atom is 0.161 e. The predicted molar refractivity (Wildman–Crippen MR) is 81.2 cm³/mol. The van der Waals surface area contributed by atoms with Crippen LogP contribution in [0.1, 0.15) is 24.1 Å². The van der Waals surface area contributed by atoms with Gasteiger partial charge in [0.1, 0.15) is 5.82 Å². The average Bonchev–Trinajstić information content (AvgIpc) is 2.52. The Morgan fingerprint density at radius 1 is 1.05 bits per heavy atom. The van der Waals surface area contributed by atoms with Crippen LogP contribution in [0, 0.1) is 5.82 Å². The van der Waals surface area contributed by atoms with Crippen LogP contribution >= 0.6 is 0 Å². The minimum Gasteiger partial charge on any atom is -0.493 e. The third-order valence-electron chi connectivity index (χ3n) is 3.43. The zero-order valence-corrected chi connectivity index (χ0v) is 12.5. The number of nitrogens with one attached hydrogen (secondary N) is 1. The highest BCUT2D eigenvalue weighted by atomic mass is 19.1. The summed E-state index contributed by atoms with van der Waals surface area (Å²) in [7, 11) is 3.22. The molecule has 0 unspecified atom stereocenters. The molecule has 0 radical (unpaired) electrons. The van der Waals surface area contributed by atoms with Crippen LogP contribution < -0.4 is 14.8 Å². The third kappa shape index (κ3) is 3.73. The van der Waals surface area contributed by atoms with Crippen molar-refractivity contribution in [1.29, 1.82) is 0 Å². The monoisotopic (exact) mass is 289 g/mol. The Morgan fingerprint density at radius 3 is 2.43 bits per heavy atom. The van der Waals surface area contributed by atoms with Crippen molar-refractivity contribution in [3.05, 3.63) is 59.4 Å². The van der Waals surface area contributed by atoms with Crippen LogP contribution in [-0.2, 0) is 6.54 Å². The molecule has 0 bridgehead atoms. The number of methoxy groups -OCH3 is 2. The van der Waals surface area contributed by atoms with E-state index < -0.39 is 0 Å². The van der Waals surface area contributed by atoms with E-state index in [2.05, 4.69) is 5.32 Å². The van der Waals surface area contributed by atoms with Crippen molar-refractivity contribution in [3.63, 3.8) is 0 Å². The summed E-state index contributed by atoms with van der Waals surface area (Å²) in [5.41, 5.74) is 1.72.